The Hall–Kier alpha value is -1.65. The highest BCUT2D eigenvalue weighted by molar-refractivity contribution is 5.85. The van der Waals surface area contributed by atoms with Crippen LogP contribution in [0.2, 0.25) is 0 Å². The van der Waals surface area contributed by atoms with E-state index in [1.54, 1.807) is 12.3 Å². The second kappa shape index (κ2) is 4.31. The molecule has 2 rings (SSSR count). The predicted molar refractivity (Wildman–Crippen MR) is 63.8 cm³/mol. The second-order valence-corrected chi connectivity index (χ2v) is 4.88. The lowest BCUT2D eigenvalue weighted by Gasteiger charge is -2.26. The molecule has 1 N–H and O–H groups in total. The summed E-state index contributed by atoms with van der Waals surface area (Å²) >= 11 is 0. The van der Waals surface area contributed by atoms with E-state index in [0.29, 0.717) is 11.7 Å². The Kier molecular flexibility index (Phi) is 3.00. The van der Waals surface area contributed by atoms with E-state index in [1.165, 1.54) is 20.0 Å². The van der Waals surface area contributed by atoms with Crippen molar-refractivity contribution in [3.63, 3.8) is 0 Å². The van der Waals surface area contributed by atoms with Gasteiger partial charge in [-0.15, -0.1) is 0 Å². The van der Waals surface area contributed by atoms with E-state index in [-0.39, 0.29) is 11.4 Å². The van der Waals surface area contributed by atoms with E-state index in [1.807, 2.05) is 0 Å². The highest BCUT2D eigenvalue weighted by Gasteiger charge is 2.37. The van der Waals surface area contributed by atoms with Gasteiger partial charge < -0.3 is 10.1 Å². The van der Waals surface area contributed by atoms with E-state index >= 15 is 0 Å². The van der Waals surface area contributed by atoms with Crippen molar-refractivity contribution in [2.24, 2.45) is 5.92 Å². The molecule has 0 saturated heterocycles. The van der Waals surface area contributed by atoms with Crippen molar-refractivity contribution in [1.29, 1.82) is 0 Å². The number of aromatic nitrogens is 2. The first-order valence-electron chi connectivity index (χ1n) is 5.72. The van der Waals surface area contributed by atoms with Gasteiger partial charge in [0.2, 0.25) is 5.82 Å². The molecular formula is C12H17N3O2. The van der Waals surface area contributed by atoms with E-state index in [9.17, 15) is 4.79 Å². The van der Waals surface area contributed by atoms with Gasteiger partial charge in [-0.3, -0.25) is 0 Å². The Bertz CT molecular complexity index is 428. The summed E-state index contributed by atoms with van der Waals surface area (Å²) in [7, 11) is 1.32. The molecule has 0 aliphatic heterocycles. The fourth-order valence-corrected chi connectivity index (χ4v) is 1.86. The standard InChI is InChI=1S/C12H17N3O2/c1-12(2,8-4-5-8)15-9-6-7-13-10(14-9)11(16)17-3/h6-8H,4-5H2,1-3H3,(H,13,14,15). The van der Waals surface area contributed by atoms with E-state index in [2.05, 4.69) is 33.9 Å². The molecule has 1 aromatic heterocycles. The van der Waals surface area contributed by atoms with Crippen LogP contribution in [0.5, 0.6) is 0 Å². The van der Waals surface area contributed by atoms with Gasteiger partial charge in [-0.1, -0.05) is 0 Å². The molecule has 92 valence electrons. The van der Waals surface area contributed by atoms with Crippen molar-refractivity contribution < 1.29 is 9.53 Å². The highest BCUT2D eigenvalue weighted by Crippen LogP contribution is 2.40. The average Bonchev–Trinajstić information content (AvgIpc) is 3.11. The molecule has 17 heavy (non-hydrogen) atoms. The van der Waals surface area contributed by atoms with Crippen LogP contribution in [0.25, 0.3) is 0 Å². The Labute approximate surface area is 101 Å². The van der Waals surface area contributed by atoms with Crippen molar-refractivity contribution in [2.45, 2.75) is 32.2 Å². The van der Waals surface area contributed by atoms with Crippen molar-refractivity contribution >= 4 is 11.8 Å². The first-order valence-corrected chi connectivity index (χ1v) is 5.72. The van der Waals surface area contributed by atoms with Crippen LogP contribution in [-0.4, -0.2) is 28.6 Å². The summed E-state index contributed by atoms with van der Waals surface area (Å²) < 4.78 is 4.59. The van der Waals surface area contributed by atoms with Gasteiger partial charge in [0, 0.05) is 11.7 Å². The zero-order chi connectivity index (χ0) is 12.5. The minimum atomic E-state index is -0.516. The van der Waals surface area contributed by atoms with Crippen LogP contribution in [-0.2, 0) is 4.74 Å². The number of carbonyl (C=O) groups excluding carboxylic acids is 1. The van der Waals surface area contributed by atoms with Crippen LogP contribution in [0.1, 0.15) is 37.3 Å². The van der Waals surface area contributed by atoms with Crippen molar-refractivity contribution in [3.05, 3.63) is 18.1 Å². The molecule has 1 aromatic rings. The van der Waals surface area contributed by atoms with E-state index in [4.69, 9.17) is 0 Å². The van der Waals surface area contributed by atoms with Crippen LogP contribution >= 0.6 is 0 Å². The maximum atomic E-state index is 11.3. The predicted octanol–water partition coefficient (Wildman–Crippen LogP) is 1.86. The fourth-order valence-electron chi connectivity index (χ4n) is 1.86. The number of nitrogens with zero attached hydrogens (tertiary/aromatic N) is 2. The summed E-state index contributed by atoms with van der Waals surface area (Å²) in [5.74, 6) is 0.915. The number of hydrogen-bond donors (Lipinski definition) is 1. The van der Waals surface area contributed by atoms with Gasteiger partial charge in [0.1, 0.15) is 5.82 Å². The molecule has 5 heteroatoms. The molecule has 0 bridgehead atoms. The number of carbonyl (C=O) groups is 1. The number of ether oxygens (including phenoxy) is 1. The van der Waals surface area contributed by atoms with Gasteiger partial charge in [-0.25, -0.2) is 14.8 Å². The zero-order valence-corrected chi connectivity index (χ0v) is 10.4. The van der Waals surface area contributed by atoms with Gasteiger partial charge in [0.25, 0.3) is 0 Å². The maximum absolute atomic E-state index is 11.3. The molecule has 1 aliphatic rings. The van der Waals surface area contributed by atoms with Gasteiger partial charge in [0.15, 0.2) is 0 Å². The van der Waals surface area contributed by atoms with Gasteiger partial charge in [0.05, 0.1) is 7.11 Å². The minimum absolute atomic E-state index is 0.00173. The Balaban J connectivity index is 2.13. The van der Waals surface area contributed by atoms with E-state index in [0.717, 1.165) is 0 Å². The van der Waals surface area contributed by atoms with Crippen LogP contribution in [0.4, 0.5) is 5.82 Å². The van der Waals surface area contributed by atoms with Crippen LogP contribution < -0.4 is 5.32 Å². The molecule has 1 saturated carbocycles. The molecule has 1 fully saturated rings. The lowest BCUT2D eigenvalue weighted by atomic mass is 9.99. The largest absolute Gasteiger partial charge is 0.463 e. The number of rotatable bonds is 4. The average molecular weight is 235 g/mol. The third-order valence-corrected chi connectivity index (χ3v) is 3.07. The summed E-state index contributed by atoms with van der Waals surface area (Å²) in [6.45, 7) is 4.29. The number of nitrogens with one attached hydrogen (secondary N) is 1. The van der Waals surface area contributed by atoms with Crippen LogP contribution in [0, 0.1) is 5.92 Å². The Morgan fingerprint density at radius 3 is 2.82 bits per heavy atom. The minimum Gasteiger partial charge on any atom is -0.463 e. The van der Waals surface area contributed by atoms with Gasteiger partial charge >= 0.3 is 5.97 Å². The van der Waals surface area contributed by atoms with Crippen LogP contribution in [0.15, 0.2) is 12.3 Å². The maximum Gasteiger partial charge on any atom is 0.376 e. The fraction of sp³-hybridized carbons (Fsp3) is 0.583. The third kappa shape index (κ3) is 2.72. The normalized spacial score (nSPS) is 15.5. The summed E-state index contributed by atoms with van der Waals surface area (Å²) in [6, 6.07) is 1.76. The summed E-state index contributed by atoms with van der Waals surface area (Å²) in [5, 5.41) is 3.34. The van der Waals surface area contributed by atoms with E-state index < -0.39 is 5.97 Å². The summed E-state index contributed by atoms with van der Waals surface area (Å²) in [5.41, 5.74) is 0.00173. The molecule has 0 amide bonds. The summed E-state index contributed by atoms with van der Waals surface area (Å²) in [6.07, 6.45) is 4.05. The Morgan fingerprint density at radius 1 is 1.53 bits per heavy atom. The molecule has 0 aromatic carbocycles. The van der Waals surface area contributed by atoms with Gasteiger partial charge in [-0.05, 0) is 38.7 Å². The molecule has 0 spiro atoms. The molecule has 0 unspecified atom stereocenters. The Morgan fingerprint density at radius 2 is 2.24 bits per heavy atom. The van der Waals surface area contributed by atoms with Crippen molar-refractivity contribution in [1.82, 2.24) is 9.97 Å². The molecular weight excluding hydrogens is 218 g/mol. The highest BCUT2D eigenvalue weighted by atomic mass is 16.5. The zero-order valence-electron chi connectivity index (χ0n) is 10.4. The van der Waals surface area contributed by atoms with Gasteiger partial charge in [-0.2, -0.15) is 0 Å². The number of anilines is 1. The number of hydrogen-bond acceptors (Lipinski definition) is 5. The molecule has 1 heterocycles. The summed E-state index contributed by atoms with van der Waals surface area (Å²) in [4.78, 5) is 19.3. The SMILES string of the molecule is COC(=O)c1nccc(NC(C)(C)C2CC2)n1. The lowest BCUT2D eigenvalue weighted by Crippen LogP contribution is -2.33. The molecule has 5 nitrogen and oxygen atoms in total. The number of methoxy groups -OCH3 is 1. The topological polar surface area (TPSA) is 64.1 Å². The first kappa shape index (κ1) is 11.8. The molecule has 0 atom stereocenters. The lowest BCUT2D eigenvalue weighted by molar-refractivity contribution is 0.0587. The molecule has 0 radical (unpaired) electrons. The monoisotopic (exact) mass is 235 g/mol. The van der Waals surface area contributed by atoms with Crippen LogP contribution in [0.3, 0.4) is 0 Å². The quantitative estimate of drug-likeness (QED) is 0.807. The second-order valence-electron chi connectivity index (χ2n) is 4.88. The third-order valence-electron chi connectivity index (χ3n) is 3.07. The molecule has 1 aliphatic carbocycles. The smallest absolute Gasteiger partial charge is 0.376 e. The number of esters is 1. The van der Waals surface area contributed by atoms with Crippen molar-refractivity contribution in [2.75, 3.05) is 12.4 Å². The van der Waals surface area contributed by atoms with Crippen molar-refractivity contribution in [3.8, 4) is 0 Å². The first-order chi connectivity index (χ1) is 8.03.